The molecule has 0 radical (unpaired) electrons. The van der Waals surface area contributed by atoms with Gasteiger partial charge in [0.05, 0.1) is 6.61 Å². The van der Waals surface area contributed by atoms with E-state index in [1.807, 2.05) is 0 Å². The summed E-state index contributed by atoms with van der Waals surface area (Å²) >= 11 is 0. The fourth-order valence-electron chi connectivity index (χ4n) is 2.76. The van der Waals surface area contributed by atoms with Gasteiger partial charge in [0, 0.05) is 31.1 Å². The molecule has 3 N–H and O–H groups in total. The second kappa shape index (κ2) is 10.3. The minimum atomic E-state index is -5.08. The SMILES string of the molecule is O=C(C[C@H]1CO[C@H](C(F)(F)F)CN1)NCc1ccc(C2(C(F)(F)F)N=N2)cc1.O=C(O)C(F)(F)F. The number of hydrogen-bond acceptors (Lipinski definition) is 6. The first-order valence-corrected chi connectivity index (χ1v) is 9.54. The number of amides is 1. The highest BCUT2D eigenvalue weighted by Crippen LogP contribution is 2.52. The van der Waals surface area contributed by atoms with Crippen LogP contribution in [-0.2, 0) is 26.5 Å². The maximum Gasteiger partial charge on any atom is 0.490 e. The predicted molar refractivity (Wildman–Crippen MR) is 96.8 cm³/mol. The summed E-state index contributed by atoms with van der Waals surface area (Å²) in [6.45, 7) is -0.621. The van der Waals surface area contributed by atoms with Crippen molar-refractivity contribution in [3.63, 3.8) is 0 Å². The summed E-state index contributed by atoms with van der Waals surface area (Å²) in [6, 6.07) is 4.77. The number of morpholine rings is 1. The van der Waals surface area contributed by atoms with Gasteiger partial charge in [0.25, 0.3) is 0 Å². The van der Waals surface area contributed by atoms with Gasteiger partial charge in [-0.25, -0.2) is 4.79 Å². The van der Waals surface area contributed by atoms with Gasteiger partial charge in [-0.3, -0.25) is 4.79 Å². The maximum atomic E-state index is 12.9. The van der Waals surface area contributed by atoms with Crippen LogP contribution in [0.3, 0.4) is 0 Å². The zero-order valence-corrected chi connectivity index (χ0v) is 17.3. The number of rotatable bonds is 5. The molecule has 0 spiro atoms. The topological polar surface area (TPSA) is 112 Å². The molecule has 1 aromatic carbocycles. The molecule has 196 valence electrons. The second-order valence-electron chi connectivity index (χ2n) is 7.32. The number of hydrogen-bond donors (Lipinski definition) is 3. The standard InChI is InChI=1S/C16H16F6N4O2.C2HF3O2/c17-15(18,19)12-7-23-11(8-28-12)5-13(27)24-6-9-1-3-10(4-2-9)14(25-26-14)16(20,21)22;3-2(4,5)1(6)7/h1-4,11-12,23H,5-8H2,(H,24,27);(H,6,7)/t11-,12-;/m0./s1. The number of carbonyl (C=O) groups is 2. The van der Waals surface area contributed by atoms with Crippen molar-refractivity contribution in [3.8, 4) is 0 Å². The molecule has 2 heterocycles. The summed E-state index contributed by atoms with van der Waals surface area (Å²) in [5.41, 5.74) is -2.05. The number of benzene rings is 1. The monoisotopic (exact) mass is 524 g/mol. The molecule has 0 unspecified atom stereocenters. The molecule has 17 heteroatoms. The van der Waals surface area contributed by atoms with E-state index < -0.39 is 54.8 Å². The van der Waals surface area contributed by atoms with Crippen LogP contribution in [0.1, 0.15) is 17.5 Å². The Morgan fingerprint density at radius 2 is 1.60 bits per heavy atom. The molecule has 8 nitrogen and oxygen atoms in total. The Morgan fingerprint density at radius 1 is 1.06 bits per heavy atom. The quantitative estimate of drug-likeness (QED) is 0.512. The van der Waals surface area contributed by atoms with E-state index in [0.717, 1.165) is 0 Å². The second-order valence-corrected chi connectivity index (χ2v) is 7.32. The fourth-order valence-corrected chi connectivity index (χ4v) is 2.76. The average molecular weight is 524 g/mol. The van der Waals surface area contributed by atoms with Crippen molar-refractivity contribution in [2.75, 3.05) is 13.2 Å². The van der Waals surface area contributed by atoms with Crippen LogP contribution in [0.2, 0.25) is 0 Å². The molecule has 1 aromatic rings. The summed E-state index contributed by atoms with van der Waals surface area (Å²) in [4.78, 5) is 20.8. The Kier molecular flexibility index (Phi) is 8.36. The number of alkyl halides is 9. The number of carboxylic acids is 1. The predicted octanol–water partition coefficient (Wildman–Crippen LogP) is 3.43. The van der Waals surface area contributed by atoms with E-state index in [9.17, 15) is 44.3 Å². The molecular weight excluding hydrogens is 507 g/mol. The molecule has 1 amide bonds. The van der Waals surface area contributed by atoms with Crippen molar-refractivity contribution in [1.82, 2.24) is 10.6 Å². The number of carboxylic acid groups (broad SMARTS) is 1. The van der Waals surface area contributed by atoms with Crippen LogP contribution >= 0.6 is 0 Å². The maximum absolute atomic E-state index is 12.9. The van der Waals surface area contributed by atoms with E-state index in [4.69, 9.17) is 14.6 Å². The minimum Gasteiger partial charge on any atom is -0.475 e. The normalized spacial score (nSPS) is 21.5. The summed E-state index contributed by atoms with van der Waals surface area (Å²) in [5.74, 6) is -3.18. The smallest absolute Gasteiger partial charge is 0.475 e. The number of nitrogens with zero attached hydrogens (tertiary/aromatic N) is 2. The van der Waals surface area contributed by atoms with Crippen LogP contribution in [0.5, 0.6) is 0 Å². The van der Waals surface area contributed by atoms with E-state index in [-0.39, 0.29) is 25.1 Å². The van der Waals surface area contributed by atoms with Gasteiger partial charge in [-0.1, -0.05) is 24.3 Å². The first kappa shape index (κ1) is 28.3. The van der Waals surface area contributed by atoms with Crippen LogP contribution in [-0.4, -0.2) is 60.8 Å². The van der Waals surface area contributed by atoms with E-state index in [2.05, 4.69) is 20.9 Å². The van der Waals surface area contributed by atoms with E-state index in [1.54, 1.807) is 0 Å². The lowest BCUT2D eigenvalue weighted by Gasteiger charge is -2.31. The van der Waals surface area contributed by atoms with Gasteiger partial charge in [-0.15, -0.1) is 10.2 Å². The van der Waals surface area contributed by atoms with Crippen molar-refractivity contribution >= 4 is 11.9 Å². The third-order valence-electron chi connectivity index (χ3n) is 4.67. The van der Waals surface area contributed by atoms with Gasteiger partial charge in [0.1, 0.15) is 0 Å². The molecular formula is C18H17F9N4O4. The molecule has 1 saturated heterocycles. The molecule has 0 bridgehead atoms. The summed E-state index contributed by atoms with van der Waals surface area (Å²) < 4.78 is 113. The van der Waals surface area contributed by atoms with Crippen molar-refractivity contribution in [1.29, 1.82) is 0 Å². The van der Waals surface area contributed by atoms with E-state index >= 15 is 0 Å². The van der Waals surface area contributed by atoms with Crippen LogP contribution in [0.4, 0.5) is 39.5 Å². The van der Waals surface area contributed by atoms with E-state index in [0.29, 0.717) is 5.56 Å². The highest BCUT2D eigenvalue weighted by molar-refractivity contribution is 5.76. The lowest BCUT2D eigenvalue weighted by molar-refractivity contribution is -0.228. The van der Waals surface area contributed by atoms with Gasteiger partial charge in [0.2, 0.25) is 5.91 Å². The molecule has 2 atom stereocenters. The molecule has 0 aromatic heterocycles. The molecule has 2 aliphatic rings. The number of aliphatic carboxylic acids is 1. The van der Waals surface area contributed by atoms with Gasteiger partial charge in [-0.2, -0.15) is 39.5 Å². The highest BCUT2D eigenvalue weighted by atomic mass is 19.4. The van der Waals surface area contributed by atoms with Gasteiger partial charge < -0.3 is 20.5 Å². The zero-order valence-electron chi connectivity index (χ0n) is 17.3. The largest absolute Gasteiger partial charge is 0.490 e. The molecule has 3 rings (SSSR count). The van der Waals surface area contributed by atoms with Gasteiger partial charge >= 0.3 is 30.2 Å². The third-order valence-corrected chi connectivity index (χ3v) is 4.67. The molecule has 2 aliphatic heterocycles. The van der Waals surface area contributed by atoms with Crippen LogP contribution in [0.25, 0.3) is 0 Å². The Balaban J connectivity index is 0.000000540. The summed E-state index contributed by atoms with van der Waals surface area (Å²) in [6.07, 6.45) is -16.1. The Morgan fingerprint density at radius 3 is 1.97 bits per heavy atom. The molecule has 0 saturated carbocycles. The first-order chi connectivity index (χ1) is 16.0. The number of ether oxygens (including phenoxy) is 1. The van der Waals surface area contributed by atoms with Crippen LogP contribution in [0.15, 0.2) is 34.5 Å². The Hall–Kier alpha value is -2.95. The highest BCUT2D eigenvalue weighted by Gasteiger charge is 2.65. The van der Waals surface area contributed by atoms with Crippen molar-refractivity contribution in [2.45, 2.75) is 49.3 Å². The Labute approximate surface area is 190 Å². The van der Waals surface area contributed by atoms with Gasteiger partial charge in [0.15, 0.2) is 6.10 Å². The Bertz CT molecular complexity index is 916. The van der Waals surface area contributed by atoms with Crippen molar-refractivity contribution in [2.24, 2.45) is 10.2 Å². The van der Waals surface area contributed by atoms with Crippen LogP contribution < -0.4 is 10.6 Å². The van der Waals surface area contributed by atoms with Crippen LogP contribution in [0, 0.1) is 0 Å². The van der Waals surface area contributed by atoms with Crippen molar-refractivity contribution < 1.29 is 58.9 Å². The average Bonchev–Trinajstić information content (AvgIpc) is 3.54. The minimum absolute atomic E-state index is 0.0607. The third kappa shape index (κ3) is 7.78. The van der Waals surface area contributed by atoms with E-state index in [1.165, 1.54) is 24.3 Å². The number of carbonyl (C=O) groups excluding carboxylic acids is 1. The molecule has 1 fully saturated rings. The lowest BCUT2D eigenvalue weighted by Crippen LogP contribution is -2.53. The van der Waals surface area contributed by atoms with Crippen molar-refractivity contribution in [3.05, 3.63) is 35.4 Å². The summed E-state index contributed by atoms with van der Waals surface area (Å²) in [7, 11) is 0. The lowest BCUT2D eigenvalue weighted by atomic mass is 10.0. The first-order valence-electron chi connectivity index (χ1n) is 9.54. The molecule has 0 aliphatic carbocycles. The number of halogens is 9. The number of nitrogens with one attached hydrogen (secondary N) is 2. The molecule has 35 heavy (non-hydrogen) atoms. The van der Waals surface area contributed by atoms with Gasteiger partial charge in [-0.05, 0) is 5.56 Å². The summed E-state index contributed by atoms with van der Waals surface area (Å²) in [5, 5.41) is 18.5. The zero-order chi connectivity index (χ0) is 26.7. The fraction of sp³-hybridized carbons (Fsp3) is 0.556.